The molecule has 2 aromatic rings. The van der Waals surface area contributed by atoms with Crippen LogP contribution < -0.4 is 5.73 Å². The lowest BCUT2D eigenvalue weighted by Gasteiger charge is -2.43. The average molecular weight is 320 g/mol. The van der Waals surface area contributed by atoms with E-state index in [1.807, 2.05) is 45.4 Å². The Kier molecular flexibility index (Phi) is 4.36. The Bertz CT molecular complexity index is 698. The van der Waals surface area contributed by atoms with Crippen molar-refractivity contribution in [1.82, 2.24) is 40.8 Å². The molecule has 0 amide bonds. The highest BCUT2D eigenvalue weighted by Gasteiger charge is 2.45. The highest BCUT2D eigenvalue weighted by Crippen LogP contribution is 2.34. The minimum absolute atomic E-state index is 0. The van der Waals surface area contributed by atoms with Gasteiger partial charge in [-0.05, 0) is 22.1 Å². The van der Waals surface area contributed by atoms with Gasteiger partial charge in [0.15, 0.2) is 0 Å². The minimum Gasteiger partial charge on any atom is -0.870 e. The van der Waals surface area contributed by atoms with Crippen molar-refractivity contribution in [2.45, 2.75) is 18.1 Å². The number of aromatic amines is 1. The zero-order valence-electron chi connectivity index (χ0n) is 13.2. The van der Waals surface area contributed by atoms with Crippen LogP contribution in [0.15, 0.2) is 24.3 Å². The second kappa shape index (κ2) is 5.95. The SMILES string of the molecule is C[N+](C)(C)C(n1nnnc1-c1nn[nH]n1)C1(N)C=CC=CC1.[OH-]. The van der Waals surface area contributed by atoms with Gasteiger partial charge in [0.25, 0.3) is 0 Å². The van der Waals surface area contributed by atoms with Gasteiger partial charge in [-0.15, -0.1) is 15.3 Å². The van der Waals surface area contributed by atoms with Crippen LogP contribution in [-0.4, -0.2) is 77.5 Å². The van der Waals surface area contributed by atoms with Crippen LogP contribution in [0.5, 0.6) is 0 Å². The summed E-state index contributed by atoms with van der Waals surface area (Å²) in [5.74, 6) is 0.766. The first-order valence-electron chi connectivity index (χ1n) is 6.88. The summed E-state index contributed by atoms with van der Waals surface area (Å²) in [5.41, 5.74) is 6.04. The maximum Gasteiger partial charge on any atom is 0.243 e. The van der Waals surface area contributed by atoms with Crippen molar-refractivity contribution in [1.29, 1.82) is 0 Å². The molecule has 0 radical (unpaired) electrons. The van der Waals surface area contributed by atoms with Crippen LogP contribution in [0.4, 0.5) is 0 Å². The standard InChI is InChI=1S/C12H19N10.H2O/c1-22(2,3)11(12(13)7-5-4-6-8-12)21-10(16-19-20-21)9-14-17-18-15-9;/h4-7,11H,8,13H2,1-3H3,(H,14,15,17,18);1H2/q+1;/p-1. The number of nitrogens with one attached hydrogen (secondary N) is 1. The van der Waals surface area contributed by atoms with Gasteiger partial charge in [0, 0.05) is 0 Å². The molecule has 0 saturated carbocycles. The number of hydrogen-bond acceptors (Lipinski definition) is 8. The van der Waals surface area contributed by atoms with Gasteiger partial charge < -0.3 is 15.7 Å². The molecule has 0 aromatic carbocycles. The normalized spacial score (nSPS) is 21.9. The van der Waals surface area contributed by atoms with Crippen molar-refractivity contribution in [2.75, 3.05) is 21.1 Å². The van der Waals surface area contributed by atoms with Crippen molar-refractivity contribution < 1.29 is 9.96 Å². The largest absolute Gasteiger partial charge is 0.870 e. The first-order chi connectivity index (χ1) is 10.4. The fourth-order valence-corrected chi connectivity index (χ4v) is 2.88. The fraction of sp³-hybridized carbons (Fsp3) is 0.500. The van der Waals surface area contributed by atoms with Gasteiger partial charge in [0.1, 0.15) is 5.54 Å². The summed E-state index contributed by atoms with van der Waals surface area (Å²) in [6.07, 6.45) is 8.42. The number of likely N-dealkylation sites (N-methyl/N-ethyl adjacent to an activating group) is 1. The van der Waals surface area contributed by atoms with Crippen molar-refractivity contribution in [3.05, 3.63) is 24.3 Å². The Hall–Kier alpha value is -2.50. The van der Waals surface area contributed by atoms with E-state index >= 15 is 0 Å². The van der Waals surface area contributed by atoms with E-state index in [9.17, 15) is 0 Å². The lowest BCUT2D eigenvalue weighted by atomic mass is 9.87. The van der Waals surface area contributed by atoms with Crippen LogP contribution in [0.25, 0.3) is 11.6 Å². The number of nitrogens with zero attached hydrogens (tertiary/aromatic N) is 8. The van der Waals surface area contributed by atoms with Crippen LogP contribution in [0.2, 0.25) is 0 Å². The van der Waals surface area contributed by atoms with Crippen LogP contribution in [0.3, 0.4) is 0 Å². The van der Waals surface area contributed by atoms with Gasteiger partial charge in [-0.2, -0.15) is 9.90 Å². The molecule has 0 aliphatic heterocycles. The highest BCUT2D eigenvalue weighted by atomic mass is 16.0. The molecule has 0 bridgehead atoms. The molecule has 4 N–H and O–H groups in total. The van der Waals surface area contributed by atoms with Crippen LogP contribution in [0.1, 0.15) is 12.6 Å². The summed E-state index contributed by atoms with van der Waals surface area (Å²) < 4.78 is 2.21. The van der Waals surface area contributed by atoms with E-state index in [0.717, 1.165) is 0 Å². The number of tetrazole rings is 2. The number of hydrogen-bond donors (Lipinski definition) is 2. The van der Waals surface area contributed by atoms with Crippen molar-refractivity contribution >= 4 is 0 Å². The number of rotatable bonds is 4. The molecular weight excluding hydrogens is 300 g/mol. The summed E-state index contributed by atoms with van der Waals surface area (Å²) in [4.78, 5) is 0. The summed E-state index contributed by atoms with van der Waals surface area (Å²) in [6, 6.07) is 0. The van der Waals surface area contributed by atoms with Gasteiger partial charge >= 0.3 is 0 Å². The van der Waals surface area contributed by atoms with E-state index in [4.69, 9.17) is 5.73 Å². The molecule has 1 aliphatic rings. The minimum atomic E-state index is -0.624. The summed E-state index contributed by atoms with van der Waals surface area (Å²) >= 11 is 0. The van der Waals surface area contributed by atoms with E-state index in [1.54, 1.807) is 4.68 Å². The van der Waals surface area contributed by atoms with E-state index in [-0.39, 0.29) is 11.6 Å². The van der Waals surface area contributed by atoms with E-state index < -0.39 is 5.54 Å². The van der Waals surface area contributed by atoms with Gasteiger partial charge in [-0.25, -0.2) is 0 Å². The van der Waals surface area contributed by atoms with Gasteiger partial charge in [0.2, 0.25) is 17.8 Å². The molecule has 2 unspecified atom stereocenters. The maximum absolute atomic E-state index is 6.67. The lowest BCUT2D eigenvalue weighted by Crippen LogP contribution is -2.59. The Morgan fingerprint density at radius 3 is 2.65 bits per heavy atom. The van der Waals surface area contributed by atoms with E-state index in [2.05, 4.69) is 36.1 Å². The van der Waals surface area contributed by atoms with Crippen molar-refractivity contribution in [2.24, 2.45) is 5.73 Å². The zero-order valence-corrected chi connectivity index (χ0v) is 13.2. The predicted molar refractivity (Wildman–Crippen MR) is 79.8 cm³/mol. The molecule has 0 saturated heterocycles. The zero-order chi connectivity index (χ0) is 15.8. The molecule has 2 atom stereocenters. The monoisotopic (exact) mass is 320 g/mol. The summed E-state index contributed by atoms with van der Waals surface area (Å²) in [7, 11) is 6.15. The second-order valence-corrected chi connectivity index (χ2v) is 6.28. The van der Waals surface area contributed by atoms with E-state index in [1.165, 1.54) is 0 Å². The number of H-pyrrole nitrogens is 1. The first kappa shape index (κ1) is 16.9. The molecule has 0 fully saturated rings. The quantitative estimate of drug-likeness (QED) is 0.686. The average Bonchev–Trinajstić information content (AvgIpc) is 3.07. The molecule has 11 nitrogen and oxygen atoms in total. The summed E-state index contributed by atoms with van der Waals surface area (Å²) in [5, 5.41) is 25.8. The molecule has 0 spiro atoms. The molecule has 11 heteroatoms. The third kappa shape index (κ3) is 3.02. The molecule has 23 heavy (non-hydrogen) atoms. The van der Waals surface area contributed by atoms with Crippen LogP contribution >= 0.6 is 0 Å². The number of nitrogens with two attached hydrogens (primary N) is 1. The number of quaternary nitrogens is 1. The Morgan fingerprint density at radius 1 is 1.30 bits per heavy atom. The van der Waals surface area contributed by atoms with Crippen LogP contribution in [0, 0.1) is 0 Å². The summed E-state index contributed by atoms with van der Waals surface area (Å²) in [6.45, 7) is 0. The van der Waals surface area contributed by atoms with Crippen molar-refractivity contribution in [3.63, 3.8) is 0 Å². The first-order valence-corrected chi connectivity index (χ1v) is 6.88. The molecule has 1 aliphatic carbocycles. The lowest BCUT2D eigenvalue weighted by molar-refractivity contribution is -0.916. The van der Waals surface area contributed by atoms with Gasteiger partial charge in [-0.1, -0.05) is 24.3 Å². The Labute approximate surface area is 132 Å². The number of allylic oxidation sites excluding steroid dienone is 2. The Balaban J connectivity index is 0.00000192. The third-order valence-electron chi connectivity index (χ3n) is 3.61. The highest BCUT2D eigenvalue weighted by molar-refractivity contribution is 5.40. The van der Waals surface area contributed by atoms with Gasteiger partial charge in [0.05, 0.1) is 21.1 Å². The van der Waals surface area contributed by atoms with Crippen LogP contribution in [-0.2, 0) is 0 Å². The topological polar surface area (TPSA) is 154 Å². The smallest absolute Gasteiger partial charge is 0.243 e. The van der Waals surface area contributed by atoms with Crippen molar-refractivity contribution in [3.8, 4) is 11.6 Å². The molecule has 2 heterocycles. The molecule has 2 aromatic heterocycles. The third-order valence-corrected chi connectivity index (χ3v) is 3.61. The second-order valence-electron chi connectivity index (χ2n) is 6.28. The predicted octanol–water partition coefficient (Wildman–Crippen LogP) is -0.905. The number of aromatic nitrogens is 8. The fourth-order valence-electron chi connectivity index (χ4n) is 2.88. The Morgan fingerprint density at radius 2 is 2.09 bits per heavy atom. The van der Waals surface area contributed by atoms with Gasteiger partial charge in [-0.3, -0.25) is 0 Å². The maximum atomic E-state index is 6.67. The molecule has 124 valence electrons. The molecular formula is C12H20N10O. The van der Waals surface area contributed by atoms with E-state index in [0.29, 0.717) is 22.6 Å². The molecule has 3 rings (SSSR count).